The Labute approximate surface area is 132 Å². The molecule has 0 spiro atoms. The molecule has 0 aliphatic heterocycles. The number of nitrogens with zero attached hydrogens (tertiary/aromatic N) is 1. The Morgan fingerprint density at radius 1 is 1.19 bits per heavy atom. The molecule has 1 saturated carbocycles. The fourth-order valence-electron chi connectivity index (χ4n) is 2.04. The smallest absolute Gasteiger partial charge is 0.145 e. The van der Waals surface area contributed by atoms with E-state index in [1.165, 1.54) is 12.8 Å². The van der Waals surface area contributed by atoms with E-state index in [1.54, 1.807) is 0 Å². The lowest BCUT2D eigenvalue weighted by Gasteiger charge is -2.09. The molecule has 21 heavy (non-hydrogen) atoms. The zero-order valence-electron chi connectivity index (χ0n) is 11.5. The van der Waals surface area contributed by atoms with Crippen LogP contribution in [0.15, 0.2) is 46.9 Å². The predicted molar refractivity (Wildman–Crippen MR) is 85.2 cm³/mol. The highest BCUT2D eigenvalue weighted by molar-refractivity contribution is 9.10. The topological polar surface area (TPSA) is 45.0 Å². The Balaban J connectivity index is 1.74. The van der Waals surface area contributed by atoms with Gasteiger partial charge in [-0.05, 0) is 54.8 Å². The van der Waals surface area contributed by atoms with Crippen molar-refractivity contribution in [3.63, 3.8) is 0 Å². The van der Waals surface area contributed by atoms with Gasteiger partial charge in [0.1, 0.15) is 17.6 Å². The quantitative estimate of drug-likeness (QED) is 0.877. The van der Waals surface area contributed by atoms with Crippen LogP contribution < -0.4 is 10.1 Å². The Morgan fingerprint density at radius 3 is 2.62 bits per heavy atom. The first-order valence-corrected chi connectivity index (χ1v) is 7.74. The van der Waals surface area contributed by atoms with Crippen LogP contribution >= 0.6 is 15.9 Å². The highest BCUT2D eigenvalue weighted by Gasteiger charge is 2.20. The molecule has 0 radical (unpaired) electrons. The maximum atomic E-state index is 9.30. The molecule has 1 N–H and O–H groups in total. The van der Waals surface area contributed by atoms with Crippen LogP contribution in [0.3, 0.4) is 0 Å². The van der Waals surface area contributed by atoms with Gasteiger partial charge in [0.15, 0.2) is 0 Å². The Kier molecular flexibility index (Phi) is 4.23. The van der Waals surface area contributed by atoms with E-state index in [4.69, 9.17) is 4.74 Å². The average Bonchev–Trinajstić information content (AvgIpc) is 3.33. The molecule has 0 bridgehead atoms. The van der Waals surface area contributed by atoms with Crippen molar-refractivity contribution in [3.8, 4) is 17.6 Å². The second kappa shape index (κ2) is 6.30. The molecular formula is C17H15BrN2O. The molecule has 0 heterocycles. The summed E-state index contributed by atoms with van der Waals surface area (Å²) in [5.74, 6) is 1.31. The highest BCUT2D eigenvalue weighted by Crippen LogP contribution is 2.27. The third-order valence-corrected chi connectivity index (χ3v) is 3.91. The van der Waals surface area contributed by atoms with Crippen LogP contribution in [0.5, 0.6) is 11.5 Å². The third-order valence-electron chi connectivity index (χ3n) is 3.38. The summed E-state index contributed by atoms with van der Waals surface area (Å²) in [7, 11) is 0. The fraction of sp³-hybridized carbons (Fsp3) is 0.235. The molecule has 106 valence electrons. The van der Waals surface area contributed by atoms with Gasteiger partial charge in [0.05, 0.1) is 5.56 Å². The van der Waals surface area contributed by atoms with Gasteiger partial charge in [0.2, 0.25) is 0 Å². The number of halogens is 1. The van der Waals surface area contributed by atoms with Crippen LogP contribution in [0.4, 0.5) is 0 Å². The van der Waals surface area contributed by atoms with Crippen LogP contribution in [0.2, 0.25) is 0 Å². The van der Waals surface area contributed by atoms with Crippen molar-refractivity contribution in [2.45, 2.75) is 25.4 Å². The molecule has 0 saturated heterocycles. The first-order chi connectivity index (χ1) is 10.2. The summed E-state index contributed by atoms with van der Waals surface area (Å²) in [4.78, 5) is 0. The normalized spacial score (nSPS) is 13.7. The lowest BCUT2D eigenvalue weighted by atomic mass is 10.1. The lowest BCUT2D eigenvalue weighted by molar-refractivity contribution is 0.480. The van der Waals surface area contributed by atoms with Crippen LogP contribution in [0, 0.1) is 11.3 Å². The molecule has 2 aromatic rings. The van der Waals surface area contributed by atoms with Crippen molar-refractivity contribution in [1.29, 1.82) is 5.26 Å². The van der Waals surface area contributed by atoms with E-state index in [-0.39, 0.29) is 0 Å². The van der Waals surface area contributed by atoms with E-state index in [0.29, 0.717) is 17.4 Å². The summed E-state index contributed by atoms with van der Waals surface area (Å²) in [6, 6.07) is 16.2. The second-order valence-corrected chi connectivity index (χ2v) is 6.07. The van der Waals surface area contributed by atoms with E-state index in [2.05, 4.69) is 27.3 Å². The minimum atomic E-state index is 0.563. The van der Waals surface area contributed by atoms with Gasteiger partial charge in [-0.15, -0.1) is 0 Å². The maximum Gasteiger partial charge on any atom is 0.145 e. The van der Waals surface area contributed by atoms with Crippen molar-refractivity contribution in [2.75, 3.05) is 0 Å². The van der Waals surface area contributed by atoms with Crippen LogP contribution in [0.1, 0.15) is 24.0 Å². The first kappa shape index (κ1) is 14.1. The maximum absolute atomic E-state index is 9.30. The van der Waals surface area contributed by atoms with Crippen molar-refractivity contribution in [2.24, 2.45) is 0 Å². The summed E-state index contributed by atoms with van der Waals surface area (Å²) in [5, 5.41) is 12.7. The van der Waals surface area contributed by atoms with Crippen molar-refractivity contribution in [3.05, 3.63) is 58.1 Å². The van der Waals surface area contributed by atoms with Gasteiger partial charge in [-0.25, -0.2) is 0 Å². The Hall–Kier alpha value is -1.83. The molecule has 0 atom stereocenters. The summed E-state index contributed by atoms with van der Waals surface area (Å²) in [6.07, 6.45) is 2.52. The SMILES string of the molecule is N#Cc1cc(CNC2CC2)ccc1Oc1ccc(Br)cc1. The summed E-state index contributed by atoms with van der Waals surface area (Å²) in [6.45, 7) is 0.803. The monoisotopic (exact) mass is 342 g/mol. The number of hydrogen-bond donors (Lipinski definition) is 1. The Morgan fingerprint density at radius 2 is 1.95 bits per heavy atom. The van der Waals surface area contributed by atoms with Crippen LogP contribution in [-0.4, -0.2) is 6.04 Å². The molecule has 0 amide bonds. The summed E-state index contributed by atoms with van der Waals surface area (Å²) in [5.41, 5.74) is 1.68. The van der Waals surface area contributed by atoms with E-state index in [0.717, 1.165) is 22.3 Å². The van der Waals surface area contributed by atoms with E-state index >= 15 is 0 Å². The van der Waals surface area contributed by atoms with Gasteiger partial charge >= 0.3 is 0 Å². The van der Waals surface area contributed by atoms with E-state index in [9.17, 15) is 5.26 Å². The zero-order chi connectivity index (χ0) is 14.7. The molecule has 1 aliphatic carbocycles. The number of hydrogen-bond acceptors (Lipinski definition) is 3. The number of nitrogens with one attached hydrogen (secondary N) is 1. The molecule has 3 rings (SSSR count). The van der Waals surface area contributed by atoms with Gasteiger partial charge in [0, 0.05) is 17.1 Å². The minimum Gasteiger partial charge on any atom is -0.456 e. The van der Waals surface area contributed by atoms with Crippen molar-refractivity contribution < 1.29 is 4.74 Å². The molecule has 0 aromatic heterocycles. The van der Waals surface area contributed by atoms with Gasteiger partial charge in [-0.1, -0.05) is 22.0 Å². The van der Waals surface area contributed by atoms with Gasteiger partial charge < -0.3 is 10.1 Å². The number of ether oxygens (including phenoxy) is 1. The number of nitriles is 1. The van der Waals surface area contributed by atoms with Crippen molar-refractivity contribution in [1.82, 2.24) is 5.32 Å². The Bertz CT molecular complexity index is 672. The first-order valence-electron chi connectivity index (χ1n) is 6.94. The van der Waals surface area contributed by atoms with Crippen molar-refractivity contribution >= 4 is 15.9 Å². The largest absolute Gasteiger partial charge is 0.456 e. The second-order valence-electron chi connectivity index (χ2n) is 5.15. The lowest BCUT2D eigenvalue weighted by Crippen LogP contribution is -2.15. The van der Waals surface area contributed by atoms with Gasteiger partial charge in [0.25, 0.3) is 0 Å². The molecular weight excluding hydrogens is 328 g/mol. The highest BCUT2D eigenvalue weighted by atomic mass is 79.9. The number of benzene rings is 2. The third kappa shape index (κ3) is 3.84. The zero-order valence-corrected chi connectivity index (χ0v) is 13.1. The minimum absolute atomic E-state index is 0.563. The predicted octanol–water partition coefficient (Wildman–Crippen LogP) is 4.37. The standard InChI is InChI=1S/C17H15BrN2O/c18-14-2-6-16(7-3-14)21-17-8-1-12(9-13(17)10-19)11-20-15-4-5-15/h1-3,6-9,15,20H,4-5,11H2. The summed E-state index contributed by atoms with van der Waals surface area (Å²) >= 11 is 3.39. The molecule has 3 nitrogen and oxygen atoms in total. The average molecular weight is 343 g/mol. The molecule has 2 aromatic carbocycles. The molecule has 1 fully saturated rings. The van der Waals surface area contributed by atoms with Crippen LogP contribution in [0.25, 0.3) is 0 Å². The molecule has 1 aliphatic rings. The fourth-order valence-corrected chi connectivity index (χ4v) is 2.31. The van der Waals surface area contributed by atoms with Gasteiger partial charge in [-0.3, -0.25) is 0 Å². The molecule has 4 heteroatoms. The van der Waals surface area contributed by atoms with E-state index < -0.39 is 0 Å². The van der Waals surface area contributed by atoms with Gasteiger partial charge in [-0.2, -0.15) is 5.26 Å². The summed E-state index contributed by atoms with van der Waals surface area (Å²) < 4.78 is 6.78. The van der Waals surface area contributed by atoms with E-state index in [1.807, 2.05) is 42.5 Å². The molecule has 0 unspecified atom stereocenters. The van der Waals surface area contributed by atoms with Crippen LogP contribution in [-0.2, 0) is 6.54 Å². The number of rotatable bonds is 5.